The van der Waals surface area contributed by atoms with Gasteiger partial charge in [-0.15, -0.1) is 0 Å². The summed E-state index contributed by atoms with van der Waals surface area (Å²) >= 11 is 0. The molecule has 0 saturated carbocycles. The Labute approximate surface area is 248 Å². The van der Waals surface area contributed by atoms with Crippen molar-refractivity contribution in [1.29, 1.82) is 0 Å². The van der Waals surface area contributed by atoms with E-state index >= 15 is 0 Å². The molecule has 0 spiro atoms. The lowest BCUT2D eigenvalue weighted by Crippen LogP contribution is -2.51. The topological polar surface area (TPSA) is 132 Å². The second-order valence-corrected chi connectivity index (χ2v) is 11.1. The van der Waals surface area contributed by atoms with Crippen LogP contribution >= 0.6 is 0 Å². The molecule has 0 heterocycles. The predicted octanol–water partition coefficient (Wildman–Crippen LogP) is 3.98. The van der Waals surface area contributed by atoms with E-state index < -0.39 is 17.7 Å². The number of urea groups is 1. The second-order valence-electron chi connectivity index (χ2n) is 11.1. The number of amides is 4. The first-order valence-electron chi connectivity index (χ1n) is 14.3. The smallest absolute Gasteiger partial charge is 0.318 e. The molecule has 0 radical (unpaired) electrons. The monoisotopic (exact) mass is 573 g/mol. The maximum Gasteiger partial charge on any atom is 0.318 e. The first-order valence-corrected chi connectivity index (χ1v) is 14.3. The second kappa shape index (κ2) is 15.7. The minimum absolute atomic E-state index is 0.159. The van der Waals surface area contributed by atoms with E-state index in [4.69, 9.17) is 0 Å². The summed E-state index contributed by atoms with van der Waals surface area (Å²) in [6.45, 7) is 6.14. The van der Waals surface area contributed by atoms with E-state index in [1.54, 1.807) is 14.0 Å². The number of aliphatic hydroxyl groups excluding tert-OH is 1. The number of rotatable bonds is 14. The summed E-state index contributed by atoms with van der Waals surface area (Å²) in [6.07, 6.45) is 0.727. The average Bonchev–Trinajstić information content (AvgIpc) is 2.98. The van der Waals surface area contributed by atoms with Crippen LogP contribution in [0.4, 0.5) is 10.5 Å². The van der Waals surface area contributed by atoms with Crippen molar-refractivity contribution >= 4 is 23.5 Å². The Balaban J connectivity index is 1.65. The van der Waals surface area contributed by atoms with E-state index in [1.165, 1.54) is 0 Å². The van der Waals surface area contributed by atoms with Gasteiger partial charge in [0.2, 0.25) is 11.8 Å². The number of para-hydroxylation sites is 1. The van der Waals surface area contributed by atoms with Crippen molar-refractivity contribution < 1.29 is 19.5 Å². The normalized spacial score (nSPS) is 12.6. The molecule has 4 amide bonds. The summed E-state index contributed by atoms with van der Waals surface area (Å²) in [6, 6.07) is 24.2. The molecule has 3 aromatic carbocycles. The van der Waals surface area contributed by atoms with Crippen LogP contribution < -0.4 is 26.6 Å². The van der Waals surface area contributed by atoms with E-state index in [0.29, 0.717) is 31.6 Å². The minimum Gasteiger partial charge on any atom is -0.392 e. The average molecular weight is 574 g/mol. The van der Waals surface area contributed by atoms with Gasteiger partial charge in [0, 0.05) is 37.7 Å². The van der Waals surface area contributed by atoms with Crippen LogP contribution in [0.2, 0.25) is 0 Å². The highest BCUT2D eigenvalue weighted by Crippen LogP contribution is 2.28. The predicted molar refractivity (Wildman–Crippen MR) is 167 cm³/mol. The minimum atomic E-state index is -0.702. The summed E-state index contributed by atoms with van der Waals surface area (Å²) in [7, 11) is 1.57. The maximum absolute atomic E-state index is 13.3. The lowest BCUT2D eigenvalue weighted by atomic mass is 9.98. The summed E-state index contributed by atoms with van der Waals surface area (Å²) in [5, 5.41) is 24.1. The molecular weight excluding hydrogens is 530 g/mol. The highest BCUT2D eigenvalue weighted by molar-refractivity contribution is 5.94. The SMILES string of the molecule is CNC(=O)Nc1ccccc1-c1ccc(CNC(=O)C(CCc2ccccc2)NC(=O)CC(C)(C)NCC(C)O)cc1. The number of hydrogen-bond acceptors (Lipinski definition) is 5. The molecule has 224 valence electrons. The molecule has 0 saturated heterocycles. The Morgan fingerprint density at radius 2 is 1.55 bits per heavy atom. The highest BCUT2D eigenvalue weighted by Gasteiger charge is 2.26. The third-order valence-corrected chi connectivity index (χ3v) is 6.83. The van der Waals surface area contributed by atoms with Crippen molar-refractivity contribution in [1.82, 2.24) is 21.3 Å². The fourth-order valence-corrected chi connectivity index (χ4v) is 4.50. The van der Waals surface area contributed by atoms with Gasteiger partial charge in [-0.1, -0.05) is 72.8 Å². The number of hydrogen-bond donors (Lipinski definition) is 6. The Bertz CT molecular complexity index is 1310. The number of carbonyl (C=O) groups excluding carboxylic acids is 3. The summed E-state index contributed by atoms with van der Waals surface area (Å²) in [5.41, 5.74) is 3.95. The first kappa shape index (κ1) is 32.3. The molecule has 0 aromatic heterocycles. The van der Waals surface area contributed by atoms with Crippen LogP contribution in [0.15, 0.2) is 78.9 Å². The molecule has 9 heteroatoms. The fraction of sp³-hybridized carbons (Fsp3) is 0.364. The van der Waals surface area contributed by atoms with Crippen molar-refractivity contribution in [3.8, 4) is 11.1 Å². The van der Waals surface area contributed by atoms with Gasteiger partial charge in [0.15, 0.2) is 0 Å². The van der Waals surface area contributed by atoms with Crippen LogP contribution in [-0.2, 0) is 22.6 Å². The molecule has 0 bridgehead atoms. The number of β-amino-alcohol motifs (C(OH)–C–C–N with tert-alkyl or cyclic N) is 1. The van der Waals surface area contributed by atoms with Gasteiger partial charge in [-0.25, -0.2) is 4.79 Å². The maximum atomic E-state index is 13.3. The molecule has 0 aliphatic heterocycles. The standard InChI is InChI=1S/C33H43N5O4/c1-23(39)21-36-33(2,3)20-30(40)37-29(19-16-24-10-6-5-7-11-24)31(41)35-22-25-14-17-26(18-15-25)27-12-8-9-13-28(27)38-32(42)34-4/h5-15,17-18,23,29,36,39H,16,19-22H2,1-4H3,(H,35,41)(H,37,40)(H2,34,38,42). The lowest BCUT2D eigenvalue weighted by molar-refractivity contribution is -0.129. The number of carbonyl (C=O) groups is 3. The fourth-order valence-electron chi connectivity index (χ4n) is 4.50. The molecule has 0 aliphatic carbocycles. The van der Waals surface area contributed by atoms with Gasteiger partial charge in [-0.2, -0.15) is 0 Å². The van der Waals surface area contributed by atoms with Gasteiger partial charge in [0.1, 0.15) is 6.04 Å². The Hall–Kier alpha value is -4.21. The molecule has 3 aromatic rings. The number of aryl methyl sites for hydroxylation is 1. The lowest BCUT2D eigenvalue weighted by Gasteiger charge is -2.28. The van der Waals surface area contributed by atoms with Gasteiger partial charge >= 0.3 is 6.03 Å². The van der Waals surface area contributed by atoms with Gasteiger partial charge in [0.05, 0.1) is 11.8 Å². The Morgan fingerprint density at radius 1 is 0.881 bits per heavy atom. The van der Waals surface area contributed by atoms with E-state index in [1.807, 2.05) is 92.7 Å². The Kier molecular flexibility index (Phi) is 12.1. The molecule has 2 unspecified atom stereocenters. The zero-order valence-corrected chi connectivity index (χ0v) is 24.9. The quantitative estimate of drug-likeness (QED) is 0.174. The summed E-state index contributed by atoms with van der Waals surface area (Å²) in [5.74, 6) is -0.488. The first-order chi connectivity index (χ1) is 20.1. The third kappa shape index (κ3) is 10.6. The molecule has 9 nitrogen and oxygen atoms in total. The zero-order chi connectivity index (χ0) is 30.5. The largest absolute Gasteiger partial charge is 0.392 e. The number of benzene rings is 3. The van der Waals surface area contributed by atoms with Crippen LogP contribution in [0.5, 0.6) is 0 Å². The molecular formula is C33H43N5O4. The van der Waals surface area contributed by atoms with Crippen LogP contribution in [-0.4, -0.2) is 54.2 Å². The van der Waals surface area contributed by atoms with Gasteiger partial charge in [0.25, 0.3) is 0 Å². The van der Waals surface area contributed by atoms with E-state index in [2.05, 4.69) is 26.6 Å². The zero-order valence-electron chi connectivity index (χ0n) is 24.9. The molecule has 0 aliphatic rings. The van der Waals surface area contributed by atoms with Crippen molar-refractivity contribution in [3.63, 3.8) is 0 Å². The molecule has 42 heavy (non-hydrogen) atoms. The van der Waals surface area contributed by atoms with Gasteiger partial charge in [-0.05, 0) is 56.4 Å². The number of anilines is 1. The number of aliphatic hydroxyl groups is 1. The van der Waals surface area contributed by atoms with Crippen molar-refractivity contribution in [3.05, 3.63) is 90.0 Å². The van der Waals surface area contributed by atoms with Gasteiger partial charge < -0.3 is 31.7 Å². The van der Waals surface area contributed by atoms with Crippen molar-refractivity contribution in [2.24, 2.45) is 0 Å². The molecule has 0 fully saturated rings. The highest BCUT2D eigenvalue weighted by atomic mass is 16.3. The van der Waals surface area contributed by atoms with Gasteiger partial charge in [-0.3, -0.25) is 9.59 Å². The van der Waals surface area contributed by atoms with E-state index in [0.717, 1.165) is 22.3 Å². The van der Waals surface area contributed by atoms with Crippen LogP contribution in [0.1, 0.15) is 44.7 Å². The van der Waals surface area contributed by atoms with Crippen molar-refractivity contribution in [2.45, 2.75) is 64.3 Å². The molecule has 3 rings (SSSR count). The van der Waals surface area contributed by atoms with Crippen molar-refractivity contribution in [2.75, 3.05) is 18.9 Å². The van der Waals surface area contributed by atoms with Crippen LogP contribution in [0.3, 0.4) is 0 Å². The summed E-state index contributed by atoms with van der Waals surface area (Å²) < 4.78 is 0. The molecule has 2 atom stereocenters. The van der Waals surface area contributed by atoms with E-state index in [-0.39, 0.29) is 24.3 Å². The molecule has 6 N–H and O–H groups in total. The third-order valence-electron chi connectivity index (χ3n) is 6.83. The number of nitrogens with one attached hydrogen (secondary N) is 5. The van der Waals surface area contributed by atoms with E-state index in [9.17, 15) is 19.5 Å². The Morgan fingerprint density at radius 3 is 2.21 bits per heavy atom. The van der Waals surface area contributed by atoms with Crippen LogP contribution in [0.25, 0.3) is 11.1 Å². The van der Waals surface area contributed by atoms with Crippen LogP contribution in [0, 0.1) is 0 Å². The summed E-state index contributed by atoms with van der Waals surface area (Å²) in [4.78, 5) is 38.1.